The van der Waals surface area contributed by atoms with Gasteiger partial charge in [0.2, 0.25) is 5.91 Å². The number of hydrogen-bond acceptors (Lipinski definition) is 7. The Morgan fingerprint density at radius 2 is 1.58 bits per heavy atom. The highest BCUT2D eigenvalue weighted by atomic mass is 16.6. The minimum absolute atomic E-state index is 0.0545. The number of ether oxygens (including phenoxy) is 3. The summed E-state index contributed by atoms with van der Waals surface area (Å²) in [4.78, 5) is 49.4. The smallest absolute Gasteiger partial charge is 0.408 e. The number of carbonyl (C=O) groups excluding carboxylic acids is 4. The van der Waals surface area contributed by atoms with Gasteiger partial charge in [0.15, 0.2) is 0 Å². The van der Waals surface area contributed by atoms with E-state index in [0.717, 1.165) is 5.56 Å². The Morgan fingerprint density at radius 3 is 2.17 bits per heavy atom. The van der Waals surface area contributed by atoms with Crippen LogP contribution in [-0.4, -0.2) is 55.4 Å². The number of alkyl carbamates (subject to hydrolysis) is 2. The number of hydrogen-bond donors (Lipinski definition) is 3. The zero-order chi connectivity index (χ0) is 27.1. The van der Waals surface area contributed by atoms with Gasteiger partial charge in [0, 0.05) is 6.54 Å². The van der Waals surface area contributed by atoms with Crippen molar-refractivity contribution in [2.45, 2.75) is 84.6 Å². The lowest BCUT2D eigenvalue weighted by molar-refractivity contribution is -0.145. The van der Waals surface area contributed by atoms with Crippen molar-refractivity contribution >= 4 is 24.1 Å². The van der Waals surface area contributed by atoms with Gasteiger partial charge in [0.25, 0.3) is 0 Å². The van der Waals surface area contributed by atoms with E-state index in [4.69, 9.17) is 14.2 Å². The summed E-state index contributed by atoms with van der Waals surface area (Å²) in [6, 6.07) is 7.40. The molecule has 0 radical (unpaired) electrons. The quantitative estimate of drug-likeness (QED) is 0.211. The maximum Gasteiger partial charge on any atom is 0.408 e. The van der Waals surface area contributed by atoms with Gasteiger partial charge in [-0.3, -0.25) is 4.79 Å². The van der Waals surface area contributed by atoms with Gasteiger partial charge in [-0.2, -0.15) is 0 Å². The fraction of sp³-hybridized carbons (Fsp3) is 0.615. The normalized spacial score (nSPS) is 12.8. The molecular weight excluding hydrogens is 466 g/mol. The summed E-state index contributed by atoms with van der Waals surface area (Å²) >= 11 is 0. The van der Waals surface area contributed by atoms with Crippen molar-refractivity contribution in [2.24, 2.45) is 5.92 Å². The Labute approximate surface area is 213 Å². The van der Waals surface area contributed by atoms with Crippen LogP contribution in [0.1, 0.15) is 65.9 Å². The third kappa shape index (κ3) is 13.6. The van der Waals surface area contributed by atoms with Gasteiger partial charge >= 0.3 is 18.2 Å². The van der Waals surface area contributed by atoms with Gasteiger partial charge in [-0.1, -0.05) is 44.2 Å². The van der Waals surface area contributed by atoms with Crippen LogP contribution in [0.4, 0.5) is 9.59 Å². The average molecular weight is 508 g/mol. The van der Waals surface area contributed by atoms with Crippen molar-refractivity contribution in [3.8, 4) is 0 Å². The van der Waals surface area contributed by atoms with E-state index < -0.39 is 41.7 Å². The molecule has 1 rings (SSSR count). The maximum absolute atomic E-state index is 13.0. The summed E-state index contributed by atoms with van der Waals surface area (Å²) < 4.78 is 15.3. The van der Waals surface area contributed by atoms with Gasteiger partial charge < -0.3 is 30.2 Å². The number of esters is 1. The molecule has 0 bridgehead atoms. The number of benzene rings is 1. The average Bonchev–Trinajstić information content (AvgIpc) is 2.80. The van der Waals surface area contributed by atoms with Crippen molar-refractivity contribution in [3.63, 3.8) is 0 Å². The third-order valence-corrected chi connectivity index (χ3v) is 4.92. The molecule has 0 aliphatic carbocycles. The van der Waals surface area contributed by atoms with Gasteiger partial charge in [0.1, 0.15) is 24.3 Å². The van der Waals surface area contributed by atoms with Gasteiger partial charge in [-0.05, 0) is 57.9 Å². The monoisotopic (exact) mass is 507 g/mol. The molecule has 2 unspecified atom stereocenters. The minimum atomic E-state index is -0.936. The molecule has 0 aromatic heterocycles. The zero-order valence-electron chi connectivity index (χ0n) is 22.2. The van der Waals surface area contributed by atoms with E-state index in [0.29, 0.717) is 25.8 Å². The van der Waals surface area contributed by atoms with E-state index in [1.165, 1.54) is 7.11 Å². The number of methoxy groups -OCH3 is 1. The van der Waals surface area contributed by atoms with Crippen molar-refractivity contribution in [1.29, 1.82) is 0 Å². The molecule has 0 aliphatic rings. The van der Waals surface area contributed by atoms with E-state index >= 15 is 0 Å². The number of carbonyl (C=O) groups is 4. The predicted molar refractivity (Wildman–Crippen MR) is 135 cm³/mol. The molecule has 0 saturated carbocycles. The van der Waals surface area contributed by atoms with Gasteiger partial charge in [0.05, 0.1) is 7.11 Å². The molecule has 0 spiro atoms. The molecule has 36 heavy (non-hydrogen) atoms. The Morgan fingerprint density at radius 1 is 0.917 bits per heavy atom. The van der Waals surface area contributed by atoms with E-state index in [9.17, 15) is 19.2 Å². The van der Waals surface area contributed by atoms with Crippen LogP contribution < -0.4 is 16.0 Å². The summed E-state index contributed by atoms with van der Waals surface area (Å²) in [5.41, 5.74) is 0.216. The zero-order valence-corrected chi connectivity index (χ0v) is 22.2. The van der Waals surface area contributed by atoms with Crippen LogP contribution in [0, 0.1) is 5.92 Å². The predicted octanol–water partition coefficient (Wildman–Crippen LogP) is 3.68. The SMILES string of the molecule is COC(=O)C(CC(C)C)NC(=O)C(CCCCNC(=O)OC(C)(C)C)NC(=O)OCc1ccccc1. The molecule has 0 fully saturated rings. The van der Waals surface area contributed by atoms with Crippen molar-refractivity contribution in [1.82, 2.24) is 16.0 Å². The highest BCUT2D eigenvalue weighted by Crippen LogP contribution is 2.10. The molecule has 3 N–H and O–H groups in total. The van der Waals surface area contributed by atoms with Gasteiger partial charge in [-0.25, -0.2) is 14.4 Å². The molecule has 10 nitrogen and oxygen atoms in total. The van der Waals surface area contributed by atoms with Crippen molar-refractivity contribution < 1.29 is 33.4 Å². The first-order valence-electron chi connectivity index (χ1n) is 12.2. The molecule has 2 atom stereocenters. The number of unbranched alkanes of at least 4 members (excludes halogenated alkanes) is 1. The molecule has 1 aromatic carbocycles. The fourth-order valence-corrected chi connectivity index (χ4v) is 3.25. The molecule has 202 valence electrons. The first kappa shape index (κ1) is 30.7. The van der Waals surface area contributed by atoms with Gasteiger partial charge in [-0.15, -0.1) is 0 Å². The lowest BCUT2D eigenvalue weighted by Gasteiger charge is -2.23. The van der Waals surface area contributed by atoms with E-state index in [1.807, 2.05) is 44.2 Å². The molecule has 0 heterocycles. The Hall–Kier alpha value is -3.30. The second-order valence-corrected chi connectivity index (χ2v) is 9.90. The molecular formula is C26H41N3O7. The van der Waals surface area contributed by atoms with Crippen LogP contribution in [0.5, 0.6) is 0 Å². The fourth-order valence-electron chi connectivity index (χ4n) is 3.25. The minimum Gasteiger partial charge on any atom is -0.467 e. The first-order chi connectivity index (χ1) is 16.9. The van der Waals surface area contributed by atoms with E-state index in [2.05, 4.69) is 16.0 Å². The number of nitrogens with one attached hydrogen (secondary N) is 3. The van der Waals surface area contributed by atoms with Crippen molar-refractivity contribution in [3.05, 3.63) is 35.9 Å². The highest BCUT2D eigenvalue weighted by Gasteiger charge is 2.28. The Kier molecular flexibility index (Phi) is 13.4. The van der Waals surface area contributed by atoms with Crippen LogP contribution in [0.3, 0.4) is 0 Å². The second kappa shape index (κ2) is 15.6. The summed E-state index contributed by atoms with van der Waals surface area (Å²) in [5, 5.41) is 7.95. The largest absolute Gasteiger partial charge is 0.467 e. The molecule has 1 aromatic rings. The van der Waals surface area contributed by atoms with Crippen LogP contribution in [0.15, 0.2) is 30.3 Å². The topological polar surface area (TPSA) is 132 Å². The standard InChI is InChI=1S/C26H41N3O7/c1-18(2)16-21(23(31)34-6)28-22(30)20(14-10-11-15-27-24(32)36-26(3,4)5)29-25(33)35-17-19-12-8-7-9-13-19/h7-9,12-13,18,20-21H,10-11,14-17H2,1-6H3,(H,27,32)(H,28,30)(H,29,33). The van der Waals surface area contributed by atoms with Crippen LogP contribution in [0.2, 0.25) is 0 Å². The van der Waals surface area contributed by atoms with E-state index in [-0.39, 0.29) is 18.9 Å². The third-order valence-electron chi connectivity index (χ3n) is 4.92. The second-order valence-electron chi connectivity index (χ2n) is 9.90. The summed E-state index contributed by atoms with van der Waals surface area (Å²) in [7, 11) is 1.26. The van der Waals surface area contributed by atoms with Crippen LogP contribution in [0.25, 0.3) is 0 Å². The van der Waals surface area contributed by atoms with Crippen LogP contribution >= 0.6 is 0 Å². The Bertz CT molecular complexity index is 838. The molecule has 10 heteroatoms. The lowest BCUT2D eigenvalue weighted by Crippen LogP contribution is -2.52. The number of amides is 3. The van der Waals surface area contributed by atoms with E-state index in [1.54, 1.807) is 20.8 Å². The summed E-state index contributed by atoms with van der Waals surface area (Å²) in [6.07, 6.45) is 0.468. The lowest BCUT2D eigenvalue weighted by atomic mass is 10.0. The van der Waals surface area contributed by atoms with Crippen molar-refractivity contribution in [2.75, 3.05) is 13.7 Å². The molecule has 0 aliphatic heterocycles. The first-order valence-corrected chi connectivity index (χ1v) is 12.2. The number of rotatable bonds is 13. The Balaban J connectivity index is 2.72. The summed E-state index contributed by atoms with van der Waals surface area (Å²) in [5.74, 6) is -0.928. The van der Waals surface area contributed by atoms with Crippen LogP contribution in [-0.2, 0) is 30.4 Å². The molecule has 3 amide bonds. The summed E-state index contributed by atoms with van der Waals surface area (Å²) in [6.45, 7) is 9.59. The molecule has 0 saturated heterocycles. The highest BCUT2D eigenvalue weighted by molar-refractivity contribution is 5.89. The maximum atomic E-state index is 13.0.